The first-order valence-corrected chi connectivity index (χ1v) is 3.18. The second kappa shape index (κ2) is 5.06. The summed E-state index contributed by atoms with van der Waals surface area (Å²) in [5.41, 5.74) is 4.50. The Balaban J connectivity index is 0.000000222. The van der Waals surface area contributed by atoms with Crippen LogP contribution in [0.1, 0.15) is 13.3 Å². The molecule has 1 atom stereocenters. The molecule has 0 saturated carbocycles. The first kappa shape index (κ1) is 7.92. The molecule has 1 aliphatic rings. The molecule has 1 aliphatic heterocycles. The molecule has 1 saturated heterocycles. The minimum absolute atomic E-state index is 0.935. The third-order valence-electron chi connectivity index (χ3n) is 1.31. The zero-order valence-corrected chi connectivity index (χ0v) is 5.78. The van der Waals surface area contributed by atoms with E-state index in [1.807, 2.05) is 0 Å². The first-order valence-electron chi connectivity index (χ1n) is 3.18. The van der Waals surface area contributed by atoms with Crippen molar-refractivity contribution in [3.8, 4) is 0 Å². The monoisotopic (exact) mass is 116 g/mol. The Kier molecular flexibility index (Phi) is 5.01. The summed E-state index contributed by atoms with van der Waals surface area (Å²) in [5.74, 6) is 0.935. The van der Waals surface area contributed by atoms with Crippen molar-refractivity contribution >= 4 is 0 Å². The van der Waals surface area contributed by atoms with Crippen LogP contribution < -0.4 is 11.1 Å². The lowest BCUT2D eigenvalue weighted by Crippen LogP contribution is -2.06. The summed E-state index contributed by atoms with van der Waals surface area (Å²) in [5, 5.41) is 3.27. The van der Waals surface area contributed by atoms with E-state index in [2.05, 4.69) is 18.0 Å². The number of hydrogen-bond donors (Lipinski definition) is 2. The molecule has 0 aromatic rings. The molecule has 0 unspecified atom stereocenters. The summed E-state index contributed by atoms with van der Waals surface area (Å²) in [7, 11) is 1.50. The predicted molar refractivity (Wildman–Crippen MR) is 36.8 cm³/mol. The summed E-state index contributed by atoms with van der Waals surface area (Å²) >= 11 is 0. The van der Waals surface area contributed by atoms with E-state index >= 15 is 0 Å². The lowest BCUT2D eigenvalue weighted by molar-refractivity contribution is 0.651. The van der Waals surface area contributed by atoms with E-state index in [4.69, 9.17) is 0 Å². The minimum atomic E-state index is 0.935. The molecular weight excluding hydrogens is 100 g/mol. The van der Waals surface area contributed by atoms with Crippen LogP contribution in [0.2, 0.25) is 0 Å². The third kappa shape index (κ3) is 2.99. The van der Waals surface area contributed by atoms with Gasteiger partial charge in [-0.3, -0.25) is 0 Å². The Morgan fingerprint density at radius 2 is 2.12 bits per heavy atom. The molecule has 3 N–H and O–H groups in total. The van der Waals surface area contributed by atoms with Gasteiger partial charge in [-0.2, -0.15) is 0 Å². The number of nitrogens with two attached hydrogens (primary N) is 1. The van der Waals surface area contributed by atoms with Crippen LogP contribution in [0.5, 0.6) is 0 Å². The van der Waals surface area contributed by atoms with Gasteiger partial charge in [0.25, 0.3) is 0 Å². The van der Waals surface area contributed by atoms with Crippen molar-refractivity contribution in [2.45, 2.75) is 13.3 Å². The van der Waals surface area contributed by atoms with Gasteiger partial charge < -0.3 is 11.1 Å². The van der Waals surface area contributed by atoms with E-state index in [-0.39, 0.29) is 0 Å². The Labute approximate surface area is 51.5 Å². The molecule has 0 aromatic heterocycles. The molecule has 1 heterocycles. The van der Waals surface area contributed by atoms with Crippen molar-refractivity contribution in [3.63, 3.8) is 0 Å². The quantitative estimate of drug-likeness (QED) is 0.474. The molecule has 0 spiro atoms. The van der Waals surface area contributed by atoms with Crippen molar-refractivity contribution in [3.05, 3.63) is 0 Å². The summed E-state index contributed by atoms with van der Waals surface area (Å²) in [6, 6.07) is 0. The molecule has 2 nitrogen and oxygen atoms in total. The molecule has 0 aromatic carbocycles. The van der Waals surface area contributed by atoms with Crippen LogP contribution in [0, 0.1) is 5.92 Å². The van der Waals surface area contributed by atoms with Gasteiger partial charge in [0.1, 0.15) is 0 Å². The van der Waals surface area contributed by atoms with Crippen LogP contribution in [0.3, 0.4) is 0 Å². The normalized spacial score (nSPS) is 26.6. The van der Waals surface area contributed by atoms with E-state index in [1.165, 1.54) is 26.6 Å². The molecular formula is C6H16N2. The van der Waals surface area contributed by atoms with Gasteiger partial charge in [0, 0.05) is 0 Å². The van der Waals surface area contributed by atoms with Gasteiger partial charge in [-0.1, -0.05) is 6.92 Å². The second-order valence-electron chi connectivity index (χ2n) is 2.10. The zero-order chi connectivity index (χ0) is 6.41. The average molecular weight is 116 g/mol. The van der Waals surface area contributed by atoms with Gasteiger partial charge in [0.05, 0.1) is 0 Å². The van der Waals surface area contributed by atoms with E-state index in [9.17, 15) is 0 Å². The summed E-state index contributed by atoms with van der Waals surface area (Å²) < 4.78 is 0. The largest absolute Gasteiger partial charge is 0.333 e. The maximum atomic E-state index is 4.50. The Bertz CT molecular complexity index is 39.8. The van der Waals surface area contributed by atoms with Gasteiger partial charge in [-0.05, 0) is 32.5 Å². The highest BCUT2D eigenvalue weighted by molar-refractivity contribution is 4.65. The molecule has 0 aliphatic carbocycles. The summed E-state index contributed by atoms with van der Waals surface area (Å²) in [4.78, 5) is 0. The van der Waals surface area contributed by atoms with Crippen molar-refractivity contribution in [2.75, 3.05) is 20.1 Å². The maximum Gasteiger partial charge on any atom is -0.00227 e. The fraction of sp³-hybridized carbons (Fsp3) is 1.00. The van der Waals surface area contributed by atoms with Crippen LogP contribution in [0.15, 0.2) is 0 Å². The van der Waals surface area contributed by atoms with Crippen molar-refractivity contribution < 1.29 is 0 Å². The fourth-order valence-corrected chi connectivity index (χ4v) is 0.799. The van der Waals surface area contributed by atoms with Crippen LogP contribution in [0.4, 0.5) is 0 Å². The van der Waals surface area contributed by atoms with Crippen LogP contribution in [-0.2, 0) is 0 Å². The molecule has 0 amide bonds. The minimum Gasteiger partial charge on any atom is -0.333 e. The van der Waals surface area contributed by atoms with Gasteiger partial charge in [0.2, 0.25) is 0 Å². The van der Waals surface area contributed by atoms with E-state index in [1.54, 1.807) is 0 Å². The zero-order valence-electron chi connectivity index (χ0n) is 5.78. The SMILES string of the molecule is CN.C[C@@H]1CCNC1. The molecule has 50 valence electrons. The van der Waals surface area contributed by atoms with Crippen LogP contribution >= 0.6 is 0 Å². The van der Waals surface area contributed by atoms with Crippen LogP contribution in [0.25, 0.3) is 0 Å². The standard InChI is InChI=1S/C5H11N.CH5N/c1-5-2-3-6-4-5;1-2/h5-6H,2-4H2,1H3;2H2,1H3/t5-;/m1./s1. The van der Waals surface area contributed by atoms with E-state index in [0.717, 1.165) is 5.92 Å². The molecule has 1 rings (SSSR count). The Hall–Kier alpha value is -0.0800. The highest BCUT2D eigenvalue weighted by Gasteiger charge is 2.06. The van der Waals surface area contributed by atoms with Gasteiger partial charge in [-0.25, -0.2) is 0 Å². The lowest BCUT2D eigenvalue weighted by atomic mass is 10.2. The lowest BCUT2D eigenvalue weighted by Gasteiger charge is -1.90. The van der Waals surface area contributed by atoms with E-state index in [0.29, 0.717) is 0 Å². The Morgan fingerprint density at radius 3 is 2.25 bits per heavy atom. The van der Waals surface area contributed by atoms with Crippen molar-refractivity contribution in [1.29, 1.82) is 0 Å². The van der Waals surface area contributed by atoms with Gasteiger partial charge >= 0.3 is 0 Å². The topological polar surface area (TPSA) is 38.0 Å². The maximum absolute atomic E-state index is 4.50. The number of rotatable bonds is 0. The first-order chi connectivity index (χ1) is 3.89. The summed E-state index contributed by atoms with van der Waals surface area (Å²) in [6.07, 6.45) is 1.38. The van der Waals surface area contributed by atoms with Crippen molar-refractivity contribution in [1.82, 2.24) is 5.32 Å². The van der Waals surface area contributed by atoms with Gasteiger partial charge in [0.15, 0.2) is 0 Å². The van der Waals surface area contributed by atoms with Crippen LogP contribution in [-0.4, -0.2) is 20.1 Å². The third-order valence-corrected chi connectivity index (χ3v) is 1.31. The fourth-order valence-electron chi connectivity index (χ4n) is 0.799. The highest BCUT2D eigenvalue weighted by atomic mass is 14.9. The summed E-state index contributed by atoms with van der Waals surface area (Å²) in [6.45, 7) is 4.75. The number of hydrogen-bond acceptors (Lipinski definition) is 2. The smallest absolute Gasteiger partial charge is 0.00227 e. The van der Waals surface area contributed by atoms with Crippen molar-refractivity contribution in [2.24, 2.45) is 11.7 Å². The predicted octanol–water partition coefficient (Wildman–Crippen LogP) is 0.191. The van der Waals surface area contributed by atoms with Gasteiger partial charge in [-0.15, -0.1) is 0 Å². The van der Waals surface area contributed by atoms with E-state index < -0.39 is 0 Å². The molecule has 0 bridgehead atoms. The number of nitrogens with one attached hydrogen (secondary N) is 1. The highest BCUT2D eigenvalue weighted by Crippen LogP contribution is 2.03. The Morgan fingerprint density at radius 1 is 1.50 bits per heavy atom. The molecule has 0 radical (unpaired) electrons. The second-order valence-corrected chi connectivity index (χ2v) is 2.10. The molecule has 1 fully saturated rings. The molecule has 2 heteroatoms. The molecule has 8 heavy (non-hydrogen) atoms. The average Bonchev–Trinajstić information content (AvgIpc) is 2.24.